The van der Waals surface area contributed by atoms with E-state index < -0.39 is 0 Å². The van der Waals surface area contributed by atoms with Gasteiger partial charge in [-0.25, -0.2) is 4.98 Å². The molecule has 0 bridgehead atoms. The Kier molecular flexibility index (Phi) is 3.70. The number of rotatable bonds is 2. The highest BCUT2D eigenvalue weighted by molar-refractivity contribution is 5.39. The fraction of sp³-hybridized carbons (Fsp3) is 0.556. The lowest BCUT2D eigenvalue weighted by Crippen LogP contribution is -2.59. The average molecular weight is 312 g/mol. The quantitative estimate of drug-likeness (QED) is 0.917. The molecular weight excluding hydrogens is 288 g/mol. The fourth-order valence-electron chi connectivity index (χ4n) is 4.19. The van der Waals surface area contributed by atoms with Crippen LogP contribution in [-0.2, 0) is 6.54 Å². The fourth-order valence-corrected chi connectivity index (χ4v) is 4.19. The van der Waals surface area contributed by atoms with Gasteiger partial charge in [0.2, 0.25) is 0 Å². The Morgan fingerprint density at radius 2 is 2.13 bits per heavy atom. The highest BCUT2D eigenvalue weighted by Gasteiger charge is 2.41. The first-order valence-corrected chi connectivity index (χ1v) is 8.61. The van der Waals surface area contributed by atoms with Gasteiger partial charge in [-0.1, -0.05) is 18.9 Å². The second-order valence-corrected chi connectivity index (χ2v) is 7.05. The molecule has 1 saturated carbocycles. The van der Waals surface area contributed by atoms with E-state index in [2.05, 4.69) is 15.2 Å². The second-order valence-electron chi connectivity index (χ2n) is 7.05. The van der Waals surface area contributed by atoms with Crippen LogP contribution in [0.5, 0.6) is 0 Å². The number of aromatic nitrogens is 2. The van der Waals surface area contributed by atoms with Crippen LogP contribution in [0.2, 0.25) is 0 Å². The summed E-state index contributed by atoms with van der Waals surface area (Å²) in [7, 11) is 0. The van der Waals surface area contributed by atoms with Crippen LogP contribution in [0.1, 0.15) is 36.8 Å². The number of aryl methyl sites for hydroxylation is 1. The third-order valence-electron chi connectivity index (χ3n) is 5.50. The molecule has 2 fully saturated rings. The van der Waals surface area contributed by atoms with Gasteiger partial charge >= 0.3 is 0 Å². The highest BCUT2D eigenvalue weighted by Crippen LogP contribution is 2.36. The van der Waals surface area contributed by atoms with Gasteiger partial charge in [-0.2, -0.15) is 0 Å². The van der Waals surface area contributed by atoms with E-state index in [-0.39, 0.29) is 11.1 Å². The molecule has 4 rings (SSSR count). The molecule has 0 amide bonds. The maximum Gasteiger partial charge on any atom is 0.262 e. The summed E-state index contributed by atoms with van der Waals surface area (Å²) in [6.45, 7) is 5.78. The van der Waals surface area contributed by atoms with Crippen LogP contribution in [0.3, 0.4) is 0 Å². The summed E-state index contributed by atoms with van der Waals surface area (Å²) in [6, 6.07) is 3.90. The minimum atomic E-state index is 0.0744. The van der Waals surface area contributed by atoms with Crippen LogP contribution in [-0.4, -0.2) is 39.5 Å². The van der Waals surface area contributed by atoms with Gasteiger partial charge in [0.15, 0.2) is 0 Å². The molecule has 1 aliphatic carbocycles. The van der Waals surface area contributed by atoms with Crippen molar-refractivity contribution in [2.75, 3.05) is 19.6 Å². The molecule has 0 atom stereocenters. The van der Waals surface area contributed by atoms with Crippen LogP contribution in [0.25, 0.3) is 5.65 Å². The van der Waals surface area contributed by atoms with E-state index in [9.17, 15) is 4.79 Å². The van der Waals surface area contributed by atoms with Crippen molar-refractivity contribution in [3.63, 3.8) is 0 Å². The summed E-state index contributed by atoms with van der Waals surface area (Å²) in [5.41, 5.74) is 2.93. The zero-order valence-corrected chi connectivity index (χ0v) is 13.7. The zero-order valence-electron chi connectivity index (χ0n) is 13.7. The van der Waals surface area contributed by atoms with Crippen LogP contribution < -0.4 is 10.9 Å². The maximum atomic E-state index is 12.8. The summed E-state index contributed by atoms with van der Waals surface area (Å²) in [6.07, 6.45) is 8.73. The minimum Gasteiger partial charge on any atom is -0.314 e. The normalized spacial score (nSPS) is 21.3. The van der Waals surface area contributed by atoms with E-state index in [1.54, 1.807) is 10.6 Å². The minimum absolute atomic E-state index is 0.0744. The van der Waals surface area contributed by atoms with Gasteiger partial charge in [-0.05, 0) is 31.4 Å². The molecular formula is C18H24N4O. The number of piperazine rings is 1. The molecule has 2 aromatic heterocycles. The van der Waals surface area contributed by atoms with Crippen LogP contribution in [0, 0.1) is 6.92 Å². The lowest BCUT2D eigenvalue weighted by molar-refractivity contribution is 0.0567. The lowest BCUT2D eigenvalue weighted by atomic mass is 9.92. The Hall–Kier alpha value is -1.72. The van der Waals surface area contributed by atoms with Gasteiger partial charge in [0.25, 0.3) is 5.56 Å². The number of hydrogen-bond acceptors (Lipinski definition) is 4. The van der Waals surface area contributed by atoms with Crippen molar-refractivity contribution in [3.8, 4) is 0 Å². The first kappa shape index (κ1) is 14.8. The molecule has 5 nitrogen and oxygen atoms in total. The molecule has 1 N–H and O–H groups in total. The molecule has 122 valence electrons. The lowest BCUT2D eigenvalue weighted by Gasteiger charge is -2.45. The predicted molar refractivity (Wildman–Crippen MR) is 90.7 cm³/mol. The molecule has 2 aromatic rings. The molecule has 1 saturated heterocycles. The number of fused-ring (bicyclic) bond motifs is 1. The van der Waals surface area contributed by atoms with Crippen LogP contribution in [0.4, 0.5) is 0 Å². The van der Waals surface area contributed by atoms with Gasteiger partial charge in [-0.15, -0.1) is 0 Å². The largest absolute Gasteiger partial charge is 0.314 e. The van der Waals surface area contributed by atoms with Gasteiger partial charge in [0.1, 0.15) is 5.65 Å². The molecule has 5 heteroatoms. The van der Waals surface area contributed by atoms with Crippen molar-refractivity contribution in [1.82, 2.24) is 19.6 Å². The molecule has 23 heavy (non-hydrogen) atoms. The number of pyridine rings is 1. The van der Waals surface area contributed by atoms with Crippen molar-refractivity contribution in [2.45, 2.75) is 44.7 Å². The van der Waals surface area contributed by atoms with E-state index in [4.69, 9.17) is 0 Å². The number of nitrogens with one attached hydrogen (secondary N) is 1. The topological polar surface area (TPSA) is 49.6 Å². The summed E-state index contributed by atoms with van der Waals surface area (Å²) < 4.78 is 1.69. The van der Waals surface area contributed by atoms with Gasteiger partial charge in [0.05, 0.1) is 5.56 Å². The Balaban J connectivity index is 1.69. The van der Waals surface area contributed by atoms with E-state index in [1.807, 2.05) is 25.3 Å². The first-order chi connectivity index (χ1) is 11.2. The van der Waals surface area contributed by atoms with Crippen molar-refractivity contribution in [3.05, 3.63) is 46.0 Å². The molecule has 0 aromatic carbocycles. The third kappa shape index (κ3) is 2.58. The SMILES string of the molecule is Cc1ccc2ncc(CN3CCNCC34CCCC4)c(=O)n2c1. The van der Waals surface area contributed by atoms with E-state index in [1.165, 1.54) is 25.7 Å². The van der Waals surface area contributed by atoms with Crippen LogP contribution in [0.15, 0.2) is 29.3 Å². The average Bonchev–Trinajstić information content (AvgIpc) is 3.02. The monoisotopic (exact) mass is 312 g/mol. The smallest absolute Gasteiger partial charge is 0.262 e. The maximum absolute atomic E-state index is 12.8. The summed E-state index contributed by atoms with van der Waals surface area (Å²) in [5, 5.41) is 3.54. The van der Waals surface area contributed by atoms with Crippen molar-refractivity contribution in [1.29, 1.82) is 0 Å². The summed E-state index contributed by atoms with van der Waals surface area (Å²) >= 11 is 0. The Morgan fingerprint density at radius 3 is 2.96 bits per heavy atom. The van der Waals surface area contributed by atoms with E-state index in [0.29, 0.717) is 6.54 Å². The molecule has 2 aliphatic rings. The van der Waals surface area contributed by atoms with Crippen molar-refractivity contribution in [2.24, 2.45) is 0 Å². The molecule has 3 heterocycles. The zero-order chi connectivity index (χ0) is 15.9. The van der Waals surface area contributed by atoms with E-state index >= 15 is 0 Å². The third-order valence-corrected chi connectivity index (χ3v) is 5.50. The van der Waals surface area contributed by atoms with Crippen LogP contribution >= 0.6 is 0 Å². The van der Waals surface area contributed by atoms with Gasteiger partial charge in [0, 0.05) is 44.1 Å². The number of nitrogens with zero attached hydrogens (tertiary/aromatic N) is 3. The Labute approximate surface area is 136 Å². The second kappa shape index (κ2) is 5.73. The standard InChI is InChI=1S/C18H24N4O/c1-14-4-5-16-20-10-15(17(23)22(16)11-14)12-21-9-8-19-13-18(21)6-2-3-7-18/h4-5,10-11,19H,2-3,6-9,12-13H2,1H3. The first-order valence-electron chi connectivity index (χ1n) is 8.61. The van der Waals surface area contributed by atoms with Gasteiger partial charge < -0.3 is 5.32 Å². The highest BCUT2D eigenvalue weighted by atomic mass is 16.1. The predicted octanol–water partition coefficient (Wildman–Crippen LogP) is 1.72. The molecule has 1 aliphatic heterocycles. The number of hydrogen-bond donors (Lipinski definition) is 1. The Morgan fingerprint density at radius 1 is 1.30 bits per heavy atom. The molecule has 0 radical (unpaired) electrons. The van der Waals surface area contributed by atoms with E-state index in [0.717, 1.165) is 36.4 Å². The summed E-state index contributed by atoms with van der Waals surface area (Å²) in [5.74, 6) is 0. The molecule has 1 spiro atoms. The van der Waals surface area contributed by atoms with Gasteiger partial charge in [-0.3, -0.25) is 14.1 Å². The summed E-state index contributed by atoms with van der Waals surface area (Å²) in [4.78, 5) is 19.8. The Bertz CT molecular complexity index is 776. The molecule has 0 unspecified atom stereocenters. The van der Waals surface area contributed by atoms with Crippen molar-refractivity contribution >= 4 is 5.65 Å². The van der Waals surface area contributed by atoms with Crippen molar-refractivity contribution < 1.29 is 0 Å².